The number of allylic oxidation sites excluding steroid dienone is 2. The van der Waals surface area contributed by atoms with Crippen LogP contribution in [0.25, 0.3) is 0 Å². The molecule has 0 radical (unpaired) electrons. The average Bonchev–Trinajstić information content (AvgIpc) is 1.79. The standard InChI is InChI=1S/C87H141NO37/c1-65(2)72(86(97)88-66(3)76(92)61-68-7-9-71(64-124-67(4)89)70(59-68)10-14-79-82(94)83(95)84(96)85(125-79)87(98)99)63-77(93)73(81-74(90)11-12-75(81)91)60-69-8-13-78(122-57-55-120-53-51-118-49-47-116-45-43-114-41-39-112-37-35-110-33-31-108-29-27-106-25-23-104-21-19-102-17-15-100-5)80(62-69)123-58-56-121-54-52-119-50-48-117-46-44-115-42-40-113-38-36-111-34-32-109-30-28-107-26-24-105-22-20-103-18-16-101-6/h7-9,11-13,59,62,65-66,72-73,79,81-85,94-96H,10,14-58,60-61,63-64H2,1-6H3,(H,88,97)(H,98,99)/t66-,72-,73-,79-,82-,83+,84-,85-/m0/s1. The van der Waals surface area contributed by atoms with Gasteiger partial charge in [0.05, 0.1) is 296 Å². The van der Waals surface area contributed by atoms with Gasteiger partial charge in [0.2, 0.25) is 5.91 Å². The van der Waals surface area contributed by atoms with Gasteiger partial charge in [-0.15, -0.1) is 0 Å². The molecule has 2 aromatic rings. The van der Waals surface area contributed by atoms with Crippen LogP contribution in [0.15, 0.2) is 48.6 Å². The first-order valence-electron chi connectivity index (χ1n) is 43.1. The van der Waals surface area contributed by atoms with E-state index in [1.807, 2.05) is 0 Å². The third-order valence-corrected chi connectivity index (χ3v) is 19.0. The molecule has 2 aromatic carbocycles. The van der Waals surface area contributed by atoms with Crippen LogP contribution in [0.5, 0.6) is 11.5 Å². The molecule has 1 saturated heterocycles. The predicted molar refractivity (Wildman–Crippen MR) is 446 cm³/mol. The number of ketones is 4. The van der Waals surface area contributed by atoms with E-state index in [-0.39, 0.29) is 90.7 Å². The highest BCUT2D eigenvalue weighted by Crippen LogP contribution is 2.34. The van der Waals surface area contributed by atoms with Gasteiger partial charge in [-0.1, -0.05) is 38.1 Å². The highest BCUT2D eigenvalue weighted by atomic mass is 16.6. The van der Waals surface area contributed by atoms with Crippen LogP contribution < -0.4 is 14.8 Å². The summed E-state index contributed by atoms with van der Waals surface area (Å²) < 4.78 is 144. The highest BCUT2D eigenvalue weighted by Gasteiger charge is 2.47. The van der Waals surface area contributed by atoms with E-state index in [0.717, 1.165) is 12.2 Å². The predicted octanol–water partition coefficient (Wildman–Crippen LogP) is 2.03. The summed E-state index contributed by atoms with van der Waals surface area (Å²) in [6.07, 6.45) is -6.70. The fourth-order valence-corrected chi connectivity index (χ4v) is 12.1. The van der Waals surface area contributed by atoms with Crippen molar-refractivity contribution in [2.45, 2.75) is 103 Å². The molecule has 2 aliphatic rings. The summed E-state index contributed by atoms with van der Waals surface area (Å²) in [5, 5.41) is 43.7. The molecule has 1 heterocycles. The summed E-state index contributed by atoms with van der Waals surface area (Å²) in [5.74, 6) is -8.24. The van der Waals surface area contributed by atoms with Crippen LogP contribution in [0, 0.1) is 23.7 Å². The maximum absolute atomic E-state index is 14.8. The zero-order chi connectivity index (χ0) is 90.4. The number of carbonyl (C=O) groups excluding carboxylic acids is 6. The molecular weight excluding hydrogens is 1650 g/mol. The minimum Gasteiger partial charge on any atom is -0.487 e. The molecule has 38 nitrogen and oxygen atoms in total. The van der Waals surface area contributed by atoms with Crippen molar-refractivity contribution in [3.63, 3.8) is 0 Å². The zero-order valence-electron chi connectivity index (χ0n) is 74.0. The molecule has 4 rings (SSSR count). The normalized spacial score (nSPS) is 16.8. The molecule has 1 amide bonds. The molecule has 0 unspecified atom stereocenters. The summed E-state index contributed by atoms with van der Waals surface area (Å²) in [6.45, 7) is 23.7. The number of aryl methyl sites for hydroxylation is 1. The van der Waals surface area contributed by atoms with Crippen LogP contribution in [-0.4, -0.2) is 403 Å². The van der Waals surface area contributed by atoms with Crippen LogP contribution in [0.1, 0.15) is 62.8 Å². The maximum atomic E-state index is 14.8. The van der Waals surface area contributed by atoms with Crippen molar-refractivity contribution in [3.05, 3.63) is 70.8 Å². The van der Waals surface area contributed by atoms with Gasteiger partial charge in [0.15, 0.2) is 35.0 Å². The Balaban J connectivity index is 1.21. The van der Waals surface area contributed by atoms with Crippen molar-refractivity contribution in [1.82, 2.24) is 5.32 Å². The Morgan fingerprint density at radius 3 is 1.10 bits per heavy atom. The number of aliphatic hydroxyl groups excluding tert-OH is 3. The minimum absolute atomic E-state index is 0.0410. The van der Waals surface area contributed by atoms with Crippen molar-refractivity contribution in [2.75, 3.05) is 305 Å². The lowest BCUT2D eigenvalue weighted by Gasteiger charge is -2.39. The summed E-state index contributed by atoms with van der Waals surface area (Å²) in [6, 6.07) is 8.88. The van der Waals surface area contributed by atoms with Gasteiger partial charge in [-0.25, -0.2) is 4.79 Å². The number of carboxylic acid groups (broad SMARTS) is 1. The van der Waals surface area contributed by atoms with Crippen LogP contribution >= 0.6 is 0 Å². The van der Waals surface area contributed by atoms with Gasteiger partial charge in [0, 0.05) is 45.8 Å². The Morgan fingerprint density at radius 2 is 0.752 bits per heavy atom. The van der Waals surface area contributed by atoms with Crippen molar-refractivity contribution < 1.29 is 177 Å². The number of carbonyl (C=O) groups is 7. The monoisotopic (exact) mass is 1790 g/mol. The van der Waals surface area contributed by atoms with E-state index in [4.69, 9.17) is 123 Å². The summed E-state index contributed by atoms with van der Waals surface area (Å²) in [4.78, 5) is 93.7. The fourth-order valence-electron chi connectivity index (χ4n) is 12.1. The van der Waals surface area contributed by atoms with Gasteiger partial charge >= 0.3 is 11.9 Å². The number of nitrogens with one attached hydrogen (secondary N) is 1. The first-order valence-corrected chi connectivity index (χ1v) is 43.1. The Bertz CT molecular complexity index is 3150. The first-order chi connectivity index (χ1) is 60.9. The van der Waals surface area contributed by atoms with Gasteiger partial charge in [0.25, 0.3) is 0 Å². The lowest BCUT2D eigenvalue weighted by molar-refractivity contribution is -0.228. The van der Waals surface area contributed by atoms with Crippen molar-refractivity contribution >= 4 is 41.0 Å². The highest BCUT2D eigenvalue weighted by molar-refractivity contribution is 6.20. The van der Waals surface area contributed by atoms with Crippen molar-refractivity contribution in [2.24, 2.45) is 23.7 Å². The number of benzene rings is 2. The second-order valence-corrected chi connectivity index (χ2v) is 28.9. The number of hydrogen-bond acceptors (Lipinski definition) is 36. The summed E-state index contributed by atoms with van der Waals surface area (Å²) in [5.41, 5.74) is 2.08. The third kappa shape index (κ3) is 52.9. The lowest BCUT2D eigenvalue weighted by atomic mass is 9.77. The largest absolute Gasteiger partial charge is 0.487 e. The van der Waals surface area contributed by atoms with E-state index in [9.17, 15) is 54.0 Å². The number of esters is 1. The molecular formula is C87H141NO37. The lowest BCUT2D eigenvalue weighted by Crippen LogP contribution is -2.59. The van der Waals surface area contributed by atoms with Crippen LogP contribution in [0.4, 0.5) is 0 Å². The number of hydrogen-bond donors (Lipinski definition) is 5. The Morgan fingerprint density at radius 1 is 0.408 bits per heavy atom. The number of amides is 1. The van der Waals surface area contributed by atoms with Gasteiger partial charge < -0.3 is 149 Å². The summed E-state index contributed by atoms with van der Waals surface area (Å²) >= 11 is 0. The second-order valence-electron chi connectivity index (χ2n) is 28.9. The van der Waals surface area contributed by atoms with E-state index in [2.05, 4.69) is 5.32 Å². The molecule has 0 saturated carbocycles. The molecule has 0 aromatic heterocycles. The maximum Gasteiger partial charge on any atom is 0.335 e. The first kappa shape index (κ1) is 111. The van der Waals surface area contributed by atoms with E-state index in [0.29, 0.717) is 272 Å². The molecule has 716 valence electrons. The topological polar surface area (TPSA) is 452 Å². The SMILES string of the molecule is COCCOCCOCCOCCOCCOCCOCCOCCOCCOCCOCCOc1ccc(C[C@@H](C(=O)C[C@H](C(=O)N[C@@H](C)C(=O)Cc2ccc(COC(C)=O)c(CC[C@@H]3O[C@H](C(=O)O)[C@@H](O)[C@H](O)[C@H]3O)c2)C(C)C)C2C(=O)C=CC2=O)cc1OCCOCCOCCOCCOCCOCCOCCOCCOCCOCCOCCOC. The molecule has 8 atom stereocenters. The van der Waals surface area contributed by atoms with Crippen molar-refractivity contribution in [1.29, 1.82) is 0 Å². The van der Waals surface area contributed by atoms with Crippen LogP contribution in [0.3, 0.4) is 0 Å². The molecule has 1 aliphatic carbocycles. The molecule has 125 heavy (non-hydrogen) atoms. The van der Waals surface area contributed by atoms with Gasteiger partial charge in [-0.05, 0) is 78.6 Å². The van der Waals surface area contributed by atoms with Crippen LogP contribution in [-0.2, 0) is 173 Å². The fraction of sp³-hybridized carbons (Fsp3) is 0.759. The molecule has 0 bridgehead atoms. The molecule has 0 spiro atoms. The van der Waals surface area contributed by atoms with Gasteiger partial charge in [-0.3, -0.25) is 28.8 Å². The van der Waals surface area contributed by atoms with E-state index in [1.165, 1.54) is 13.8 Å². The van der Waals surface area contributed by atoms with Gasteiger partial charge in [-0.2, -0.15) is 0 Å². The Labute approximate surface area is 734 Å². The van der Waals surface area contributed by atoms with E-state index in [1.54, 1.807) is 64.5 Å². The summed E-state index contributed by atoms with van der Waals surface area (Å²) in [7, 11) is 3.26. The average molecular weight is 1790 g/mol. The van der Waals surface area contributed by atoms with E-state index >= 15 is 0 Å². The third-order valence-electron chi connectivity index (χ3n) is 19.0. The minimum atomic E-state index is -1.88. The van der Waals surface area contributed by atoms with Crippen molar-refractivity contribution in [3.8, 4) is 11.5 Å². The number of carboxylic acids is 1. The quantitative estimate of drug-likeness (QED) is 0.0359. The van der Waals surface area contributed by atoms with Gasteiger partial charge in [0.1, 0.15) is 43.9 Å². The van der Waals surface area contributed by atoms with E-state index < -0.39 is 101 Å². The number of aliphatic carboxylic acids is 1. The number of Topliss-reactive ketones (excluding diaryl/α,β-unsaturated/α-hetero) is 2. The Kier molecular flexibility index (Phi) is 65.4. The molecule has 38 heteroatoms. The smallest absolute Gasteiger partial charge is 0.335 e. The number of rotatable bonds is 86. The number of methoxy groups -OCH3 is 2. The number of ether oxygens (including phenoxy) is 26. The second kappa shape index (κ2) is 73.6. The molecule has 5 N–H and O–H groups in total. The number of aliphatic hydroxyl groups is 3. The zero-order valence-corrected chi connectivity index (χ0v) is 74.0. The van der Waals surface area contributed by atoms with Crippen LogP contribution in [0.2, 0.25) is 0 Å². The molecule has 1 aliphatic heterocycles. The Hall–Kier alpha value is -6.17. The molecule has 1 fully saturated rings.